The second-order valence-electron chi connectivity index (χ2n) is 17.9. The molecule has 0 amide bonds. The minimum absolute atomic E-state index is 0.152. The van der Waals surface area contributed by atoms with Gasteiger partial charge < -0.3 is 4.57 Å². The van der Waals surface area contributed by atoms with Gasteiger partial charge in [0.1, 0.15) is 0 Å². The number of para-hydroxylation sites is 2. The molecule has 0 aliphatic heterocycles. The van der Waals surface area contributed by atoms with E-state index < -0.39 is 5.41 Å². The first-order chi connectivity index (χ1) is 32.3. The van der Waals surface area contributed by atoms with E-state index in [2.05, 4.69) is 247 Å². The fourth-order valence-electron chi connectivity index (χ4n) is 11.8. The summed E-state index contributed by atoms with van der Waals surface area (Å²) in [5, 5.41) is 2.53. The second kappa shape index (κ2) is 15.1. The Morgan fingerprint density at radius 1 is 0.462 bits per heavy atom. The number of allylic oxidation sites excluding steroid dienone is 6. The first kappa shape index (κ1) is 37.5. The Kier molecular flexibility index (Phi) is 8.71. The lowest BCUT2D eigenvalue weighted by Crippen LogP contribution is -2.30. The van der Waals surface area contributed by atoms with Crippen molar-refractivity contribution in [2.45, 2.75) is 24.2 Å². The van der Waals surface area contributed by atoms with Crippen LogP contribution in [0.15, 0.2) is 248 Å². The van der Waals surface area contributed by atoms with Crippen LogP contribution in [0.2, 0.25) is 0 Å². The zero-order valence-corrected chi connectivity index (χ0v) is 36.0. The van der Waals surface area contributed by atoms with Gasteiger partial charge in [0.15, 0.2) is 0 Å². The zero-order chi connectivity index (χ0) is 42.9. The number of aromatic nitrogens is 1. The van der Waals surface area contributed by atoms with Gasteiger partial charge in [-0.2, -0.15) is 0 Å². The number of benzene rings is 9. The summed E-state index contributed by atoms with van der Waals surface area (Å²) in [7, 11) is 0. The van der Waals surface area contributed by atoms with Gasteiger partial charge in [-0.3, -0.25) is 0 Å². The van der Waals surface area contributed by atoms with E-state index in [0.717, 1.165) is 12.8 Å². The molecule has 0 N–H and O–H groups in total. The van der Waals surface area contributed by atoms with Crippen LogP contribution < -0.4 is 0 Å². The lowest BCUT2D eigenvalue weighted by atomic mass is 9.64. The third kappa shape index (κ3) is 5.79. The average molecular weight is 828 g/mol. The predicted octanol–water partition coefficient (Wildman–Crippen LogP) is 15.8. The summed E-state index contributed by atoms with van der Waals surface area (Å²) in [6.45, 7) is 0. The standard InChI is InChI=1S/C64H45N/c1-4-20-43(21-5-1)44-36-37-52(63-59(41-44)55-30-14-17-33-60(55)64(63,48-23-6-2-7-24-48)49-25-8-3-9-26-49)46-38-47(58-42-45-22-10-11-27-51(45)53-28-12-13-29-54(53)58)40-50(39-46)65-61-34-18-15-31-56(61)57-32-16-19-35-62(57)65/h1-35,37-41,58H,36,42H2. The Hall–Kier alpha value is -8.00. The Balaban J connectivity index is 1.15. The third-order valence-corrected chi connectivity index (χ3v) is 14.5. The fraction of sp³-hybridized carbons (Fsp3) is 0.0625. The topological polar surface area (TPSA) is 4.93 Å². The number of hydrogen-bond acceptors (Lipinski definition) is 0. The van der Waals surface area contributed by atoms with Crippen molar-refractivity contribution in [2.24, 2.45) is 0 Å². The molecule has 0 saturated carbocycles. The summed E-state index contributed by atoms with van der Waals surface area (Å²) in [5.74, 6) is 0.152. The van der Waals surface area contributed by atoms with Crippen molar-refractivity contribution in [1.29, 1.82) is 0 Å². The van der Waals surface area contributed by atoms with Crippen LogP contribution in [0.1, 0.15) is 62.4 Å². The molecule has 1 atom stereocenters. The molecule has 1 aromatic heterocycles. The first-order valence-electron chi connectivity index (χ1n) is 23.0. The largest absolute Gasteiger partial charge is 0.309 e. The van der Waals surface area contributed by atoms with E-state index in [0.29, 0.717) is 0 Å². The van der Waals surface area contributed by atoms with Gasteiger partial charge in [-0.25, -0.2) is 0 Å². The fourth-order valence-corrected chi connectivity index (χ4v) is 11.8. The molecular formula is C64H45N. The molecule has 306 valence electrons. The van der Waals surface area contributed by atoms with E-state index in [9.17, 15) is 0 Å². The third-order valence-electron chi connectivity index (χ3n) is 14.5. The number of rotatable bonds is 6. The van der Waals surface area contributed by atoms with Gasteiger partial charge in [-0.1, -0.05) is 212 Å². The first-order valence-corrected chi connectivity index (χ1v) is 23.0. The van der Waals surface area contributed by atoms with E-state index in [1.54, 1.807) is 0 Å². The summed E-state index contributed by atoms with van der Waals surface area (Å²) in [6.07, 6.45) is 6.81. The summed E-state index contributed by atoms with van der Waals surface area (Å²) in [5.41, 5.74) is 22.6. The van der Waals surface area contributed by atoms with E-state index in [1.165, 1.54) is 111 Å². The molecule has 65 heavy (non-hydrogen) atoms. The average Bonchev–Trinajstić information content (AvgIpc) is 3.78. The molecule has 1 heterocycles. The number of fused-ring (bicyclic) bond motifs is 8. The molecule has 0 saturated heterocycles. The minimum Gasteiger partial charge on any atom is -0.309 e. The highest BCUT2D eigenvalue weighted by Crippen LogP contribution is 2.60. The lowest BCUT2D eigenvalue weighted by molar-refractivity contribution is 0.765. The van der Waals surface area contributed by atoms with Crippen LogP contribution in [-0.4, -0.2) is 4.57 Å². The highest BCUT2D eigenvalue weighted by molar-refractivity contribution is 6.10. The highest BCUT2D eigenvalue weighted by atomic mass is 15.0. The minimum atomic E-state index is -0.595. The van der Waals surface area contributed by atoms with Crippen molar-refractivity contribution in [3.8, 4) is 16.8 Å². The number of hydrogen-bond donors (Lipinski definition) is 0. The Labute approximate surface area is 380 Å². The second-order valence-corrected chi connectivity index (χ2v) is 17.9. The van der Waals surface area contributed by atoms with Crippen LogP contribution in [0.4, 0.5) is 0 Å². The predicted molar refractivity (Wildman–Crippen MR) is 271 cm³/mol. The monoisotopic (exact) mass is 827 g/mol. The van der Waals surface area contributed by atoms with Crippen molar-refractivity contribution in [2.75, 3.05) is 0 Å². The summed E-state index contributed by atoms with van der Waals surface area (Å²) in [4.78, 5) is 0. The maximum atomic E-state index is 2.56. The maximum absolute atomic E-state index is 2.56. The summed E-state index contributed by atoms with van der Waals surface area (Å²) < 4.78 is 2.52. The summed E-state index contributed by atoms with van der Waals surface area (Å²) >= 11 is 0. The van der Waals surface area contributed by atoms with Gasteiger partial charge in [-0.15, -0.1) is 0 Å². The summed E-state index contributed by atoms with van der Waals surface area (Å²) in [6, 6.07) is 86.3. The molecule has 1 nitrogen and oxygen atoms in total. The quantitative estimate of drug-likeness (QED) is 0.157. The van der Waals surface area contributed by atoms with E-state index >= 15 is 0 Å². The van der Waals surface area contributed by atoms with Crippen molar-refractivity contribution in [3.63, 3.8) is 0 Å². The Morgan fingerprint density at radius 3 is 1.74 bits per heavy atom. The molecule has 10 aromatic rings. The Morgan fingerprint density at radius 2 is 1.03 bits per heavy atom. The van der Waals surface area contributed by atoms with Gasteiger partial charge in [0.05, 0.1) is 16.4 Å². The lowest BCUT2D eigenvalue weighted by Gasteiger charge is -2.37. The molecule has 13 rings (SSSR count). The molecule has 9 aromatic carbocycles. The van der Waals surface area contributed by atoms with Crippen LogP contribution in [0.25, 0.3) is 55.3 Å². The van der Waals surface area contributed by atoms with E-state index in [-0.39, 0.29) is 5.92 Å². The number of nitrogens with zero attached hydrogens (tertiary/aromatic N) is 1. The van der Waals surface area contributed by atoms with Crippen LogP contribution in [0.5, 0.6) is 0 Å². The van der Waals surface area contributed by atoms with Crippen LogP contribution >= 0.6 is 0 Å². The van der Waals surface area contributed by atoms with Crippen molar-refractivity contribution >= 4 is 38.5 Å². The van der Waals surface area contributed by atoms with Gasteiger partial charge in [-0.05, 0) is 127 Å². The van der Waals surface area contributed by atoms with Gasteiger partial charge in [0, 0.05) is 22.4 Å². The molecule has 1 heteroatoms. The van der Waals surface area contributed by atoms with Gasteiger partial charge in [0.2, 0.25) is 0 Å². The van der Waals surface area contributed by atoms with Crippen molar-refractivity contribution in [1.82, 2.24) is 4.57 Å². The van der Waals surface area contributed by atoms with Crippen molar-refractivity contribution < 1.29 is 0 Å². The SMILES string of the molecule is C1=C(c2ccccc2)CC=C(c2cc(C3Cc4ccccc4-c4ccccc43)cc(-n3c4ccccc4c4ccccc43)c2)C2=C1c1ccccc1C2(c1ccccc1)c1ccccc1. The van der Waals surface area contributed by atoms with Gasteiger partial charge >= 0.3 is 0 Å². The van der Waals surface area contributed by atoms with Crippen LogP contribution in [-0.2, 0) is 11.8 Å². The zero-order valence-electron chi connectivity index (χ0n) is 36.0. The molecular weight excluding hydrogens is 783 g/mol. The van der Waals surface area contributed by atoms with E-state index in [4.69, 9.17) is 0 Å². The highest BCUT2D eigenvalue weighted by Gasteiger charge is 2.49. The van der Waals surface area contributed by atoms with E-state index in [1.807, 2.05) is 0 Å². The molecule has 3 aliphatic rings. The maximum Gasteiger partial charge on any atom is 0.0719 e. The Bertz CT molecular complexity index is 3490. The molecule has 3 aliphatic carbocycles. The van der Waals surface area contributed by atoms with Gasteiger partial charge in [0.25, 0.3) is 0 Å². The molecule has 0 fully saturated rings. The normalized spacial score (nSPS) is 16.0. The molecule has 1 unspecified atom stereocenters. The van der Waals surface area contributed by atoms with Crippen LogP contribution in [0.3, 0.4) is 0 Å². The van der Waals surface area contributed by atoms with Crippen LogP contribution in [0, 0.1) is 0 Å². The van der Waals surface area contributed by atoms with Crippen molar-refractivity contribution in [3.05, 3.63) is 298 Å². The molecule has 0 spiro atoms. The molecule has 0 bridgehead atoms. The molecule has 0 radical (unpaired) electrons. The smallest absolute Gasteiger partial charge is 0.0719 e.